The molecule has 0 amide bonds. The Hall–Kier alpha value is -0.510. The van der Waals surface area contributed by atoms with Crippen LogP contribution in [-0.2, 0) is 0 Å². The minimum atomic E-state index is 0.128. The molecule has 0 saturated heterocycles. The molecule has 2 nitrogen and oxygen atoms in total. The van der Waals surface area contributed by atoms with E-state index in [0.29, 0.717) is 6.04 Å². The van der Waals surface area contributed by atoms with E-state index in [1.165, 1.54) is 11.1 Å². The molecular formula is C16H28N2S. The molecule has 3 atom stereocenters. The first-order valence-electron chi connectivity index (χ1n) is 7.04. The minimum Gasteiger partial charge on any atom is -0.326 e. The van der Waals surface area contributed by atoms with E-state index in [-0.39, 0.29) is 12.1 Å². The maximum Gasteiger partial charge on any atom is 0.0496 e. The Morgan fingerprint density at radius 3 is 2.53 bits per heavy atom. The van der Waals surface area contributed by atoms with Crippen LogP contribution in [0.25, 0.3) is 0 Å². The zero-order valence-electron chi connectivity index (χ0n) is 12.9. The first-order valence-corrected chi connectivity index (χ1v) is 8.43. The van der Waals surface area contributed by atoms with Crippen LogP contribution in [0.1, 0.15) is 37.4 Å². The summed E-state index contributed by atoms with van der Waals surface area (Å²) in [5.74, 6) is 1.15. The molecule has 1 aromatic carbocycles. The normalized spacial score (nSPS) is 16.4. The van der Waals surface area contributed by atoms with Gasteiger partial charge < -0.3 is 5.73 Å². The van der Waals surface area contributed by atoms with Crippen LogP contribution in [0.2, 0.25) is 0 Å². The van der Waals surface area contributed by atoms with E-state index in [9.17, 15) is 0 Å². The highest BCUT2D eigenvalue weighted by Gasteiger charge is 2.25. The van der Waals surface area contributed by atoms with Gasteiger partial charge in [-0.15, -0.1) is 0 Å². The summed E-state index contributed by atoms with van der Waals surface area (Å²) in [6, 6.07) is 9.72. The van der Waals surface area contributed by atoms with Crippen LogP contribution < -0.4 is 5.73 Å². The third-order valence-corrected chi connectivity index (χ3v) is 4.44. The zero-order chi connectivity index (χ0) is 14.4. The van der Waals surface area contributed by atoms with Crippen molar-refractivity contribution in [1.82, 2.24) is 4.90 Å². The van der Waals surface area contributed by atoms with Gasteiger partial charge in [0.25, 0.3) is 0 Å². The Balaban J connectivity index is 3.00. The van der Waals surface area contributed by atoms with E-state index in [0.717, 1.165) is 12.2 Å². The summed E-state index contributed by atoms with van der Waals surface area (Å²) in [7, 11) is 2.21. The number of likely N-dealkylation sites (N-methyl/N-ethyl adjacent to an activating group) is 1. The van der Waals surface area contributed by atoms with Gasteiger partial charge in [0.15, 0.2) is 0 Å². The molecule has 108 valence electrons. The van der Waals surface area contributed by atoms with Crippen molar-refractivity contribution in [2.45, 2.75) is 45.3 Å². The van der Waals surface area contributed by atoms with Crippen LogP contribution in [0, 0.1) is 6.92 Å². The molecule has 0 aliphatic carbocycles. The van der Waals surface area contributed by atoms with Gasteiger partial charge in [0.2, 0.25) is 0 Å². The first-order chi connectivity index (χ1) is 9.01. The van der Waals surface area contributed by atoms with E-state index < -0.39 is 0 Å². The maximum atomic E-state index is 6.26. The molecule has 0 aliphatic heterocycles. The molecule has 3 heteroatoms. The predicted octanol–water partition coefficient (Wildman–Crippen LogP) is 3.46. The lowest BCUT2D eigenvalue weighted by molar-refractivity contribution is 0.164. The first kappa shape index (κ1) is 16.5. The highest BCUT2D eigenvalue weighted by atomic mass is 32.2. The van der Waals surface area contributed by atoms with E-state index in [2.05, 4.69) is 63.2 Å². The van der Waals surface area contributed by atoms with Crippen molar-refractivity contribution in [3.05, 3.63) is 35.4 Å². The maximum absolute atomic E-state index is 6.26. The molecule has 0 radical (unpaired) electrons. The Kier molecular flexibility index (Phi) is 6.90. The second-order valence-corrected chi connectivity index (χ2v) is 6.31. The molecule has 0 spiro atoms. The molecule has 0 heterocycles. The quantitative estimate of drug-likeness (QED) is 0.829. The molecule has 0 bridgehead atoms. The van der Waals surface area contributed by atoms with Gasteiger partial charge in [-0.1, -0.05) is 36.8 Å². The zero-order valence-corrected chi connectivity index (χ0v) is 13.7. The molecule has 0 aromatic heterocycles. The lowest BCUT2D eigenvalue weighted by Gasteiger charge is -2.37. The van der Waals surface area contributed by atoms with Crippen molar-refractivity contribution < 1.29 is 0 Å². The highest BCUT2D eigenvalue weighted by molar-refractivity contribution is 7.98. The molecule has 1 rings (SSSR count). The van der Waals surface area contributed by atoms with Crippen LogP contribution in [0.3, 0.4) is 0 Å². The summed E-state index contributed by atoms with van der Waals surface area (Å²) in [6.07, 6.45) is 3.33. The van der Waals surface area contributed by atoms with Gasteiger partial charge >= 0.3 is 0 Å². The predicted molar refractivity (Wildman–Crippen MR) is 87.8 cm³/mol. The van der Waals surface area contributed by atoms with E-state index >= 15 is 0 Å². The van der Waals surface area contributed by atoms with Crippen LogP contribution in [0.4, 0.5) is 0 Å². The van der Waals surface area contributed by atoms with Crippen molar-refractivity contribution in [2.75, 3.05) is 19.1 Å². The molecule has 1 aromatic rings. The molecule has 19 heavy (non-hydrogen) atoms. The van der Waals surface area contributed by atoms with Gasteiger partial charge in [0, 0.05) is 23.9 Å². The topological polar surface area (TPSA) is 29.3 Å². The molecule has 0 aliphatic rings. The van der Waals surface area contributed by atoms with Gasteiger partial charge in [-0.05, 0) is 39.1 Å². The molecule has 2 N–H and O–H groups in total. The van der Waals surface area contributed by atoms with Crippen LogP contribution in [0.5, 0.6) is 0 Å². The van der Waals surface area contributed by atoms with E-state index in [4.69, 9.17) is 5.73 Å². The van der Waals surface area contributed by atoms with Gasteiger partial charge in [-0.2, -0.15) is 11.8 Å². The number of thioether (sulfide) groups is 1. The number of hydrogen-bond donors (Lipinski definition) is 1. The van der Waals surface area contributed by atoms with E-state index in [1.807, 2.05) is 11.8 Å². The van der Waals surface area contributed by atoms with Crippen molar-refractivity contribution in [3.8, 4) is 0 Å². The van der Waals surface area contributed by atoms with E-state index in [1.54, 1.807) is 0 Å². The highest BCUT2D eigenvalue weighted by Crippen LogP contribution is 2.26. The fourth-order valence-electron chi connectivity index (χ4n) is 2.71. The Morgan fingerprint density at radius 1 is 1.37 bits per heavy atom. The molecular weight excluding hydrogens is 252 g/mol. The van der Waals surface area contributed by atoms with Crippen molar-refractivity contribution in [1.29, 1.82) is 0 Å². The van der Waals surface area contributed by atoms with Crippen molar-refractivity contribution in [2.24, 2.45) is 5.73 Å². The summed E-state index contributed by atoms with van der Waals surface area (Å²) >= 11 is 1.91. The third-order valence-electron chi connectivity index (χ3n) is 3.73. The number of rotatable bonds is 7. The average Bonchev–Trinajstić information content (AvgIpc) is 2.35. The lowest BCUT2D eigenvalue weighted by Crippen LogP contribution is -2.43. The van der Waals surface area contributed by atoms with Gasteiger partial charge in [-0.3, -0.25) is 4.90 Å². The fourth-order valence-corrected chi connectivity index (χ4v) is 3.56. The SMILES string of the molecule is CCC(CSC)N(C)C(c1cccc(C)c1)C(C)N. The number of nitrogens with two attached hydrogens (primary N) is 1. The second kappa shape index (κ2) is 7.93. The Bertz CT molecular complexity index is 379. The minimum absolute atomic E-state index is 0.128. The molecule has 0 saturated carbocycles. The summed E-state index contributed by atoms with van der Waals surface area (Å²) < 4.78 is 0. The lowest BCUT2D eigenvalue weighted by atomic mass is 9.96. The Morgan fingerprint density at radius 2 is 2.05 bits per heavy atom. The van der Waals surface area contributed by atoms with Gasteiger partial charge in [-0.25, -0.2) is 0 Å². The largest absolute Gasteiger partial charge is 0.326 e. The molecule has 0 fully saturated rings. The standard InChI is InChI=1S/C16H28N2S/c1-6-15(11-19-5)18(4)16(13(3)17)14-9-7-8-12(2)10-14/h7-10,13,15-16H,6,11,17H2,1-5H3. The Labute approximate surface area is 122 Å². The van der Waals surface area contributed by atoms with Gasteiger partial charge in [0.05, 0.1) is 0 Å². The summed E-state index contributed by atoms with van der Waals surface area (Å²) in [5.41, 5.74) is 8.89. The number of benzene rings is 1. The van der Waals surface area contributed by atoms with Crippen LogP contribution in [-0.4, -0.2) is 36.0 Å². The van der Waals surface area contributed by atoms with Crippen molar-refractivity contribution >= 4 is 11.8 Å². The average molecular weight is 280 g/mol. The van der Waals surface area contributed by atoms with Crippen LogP contribution in [0.15, 0.2) is 24.3 Å². The number of aryl methyl sites for hydroxylation is 1. The monoisotopic (exact) mass is 280 g/mol. The van der Waals surface area contributed by atoms with Crippen molar-refractivity contribution in [3.63, 3.8) is 0 Å². The fraction of sp³-hybridized carbons (Fsp3) is 0.625. The smallest absolute Gasteiger partial charge is 0.0496 e. The van der Waals surface area contributed by atoms with Gasteiger partial charge in [0.1, 0.15) is 0 Å². The molecule has 3 unspecified atom stereocenters. The van der Waals surface area contributed by atoms with Crippen LogP contribution >= 0.6 is 11.8 Å². The third kappa shape index (κ3) is 4.51. The summed E-state index contributed by atoms with van der Waals surface area (Å²) in [5, 5.41) is 0. The number of hydrogen-bond acceptors (Lipinski definition) is 3. The summed E-state index contributed by atoms with van der Waals surface area (Å²) in [4.78, 5) is 2.45. The summed E-state index contributed by atoms with van der Waals surface area (Å²) in [6.45, 7) is 6.50. The number of nitrogens with zero attached hydrogens (tertiary/aromatic N) is 1. The second-order valence-electron chi connectivity index (χ2n) is 5.40.